The lowest BCUT2D eigenvalue weighted by atomic mass is 10.0. The van der Waals surface area contributed by atoms with Crippen molar-refractivity contribution in [2.75, 3.05) is 11.4 Å². The third-order valence-electron chi connectivity index (χ3n) is 4.14. The zero-order valence-corrected chi connectivity index (χ0v) is 11.6. The van der Waals surface area contributed by atoms with Gasteiger partial charge >= 0.3 is 5.97 Å². The number of hydrogen-bond donors (Lipinski definition) is 2. The first-order valence-corrected chi connectivity index (χ1v) is 7.11. The molecule has 1 aliphatic heterocycles. The number of anilines is 1. The van der Waals surface area contributed by atoms with Crippen LogP contribution in [0.25, 0.3) is 0 Å². The number of carbonyl (C=O) groups excluding carboxylic acids is 1. The van der Waals surface area contributed by atoms with Gasteiger partial charge in [0.2, 0.25) is 12.0 Å². The summed E-state index contributed by atoms with van der Waals surface area (Å²) in [6.07, 6.45) is 1.23. The number of carboxylic acids is 1. The summed E-state index contributed by atoms with van der Waals surface area (Å²) in [6.45, 7) is 0.0386. The van der Waals surface area contributed by atoms with Gasteiger partial charge in [0.25, 0.3) is 0 Å². The highest BCUT2D eigenvalue weighted by Gasteiger charge is 2.38. The second kappa shape index (κ2) is 5.37. The maximum atomic E-state index is 12.7. The Morgan fingerprint density at radius 1 is 1.29 bits per heavy atom. The molecule has 1 aromatic carbocycles. The lowest BCUT2D eigenvalue weighted by Crippen LogP contribution is -2.48. The molecule has 0 aromatic heterocycles. The fourth-order valence-electron chi connectivity index (χ4n) is 3.03. The van der Waals surface area contributed by atoms with Gasteiger partial charge in [-0.2, -0.15) is 0 Å². The van der Waals surface area contributed by atoms with Crippen LogP contribution in [0.4, 0.5) is 5.69 Å². The number of nitrogens with zero attached hydrogens (tertiary/aromatic N) is 1. The molecule has 2 aliphatic rings. The zero-order valence-electron chi connectivity index (χ0n) is 11.6. The summed E-state index contributed by atoms with van der Waals surface area (Å²) < 4.78 is 5.44. The molecule has 0 saturated heterocycles. The van der Waals surface area contributed by atoms with Crippen LogP contribution in [-0.4, -0.2) is 35.7 Å². The van der Waals surface area contributed by atoms with E-state index in [0.29, 0.717) is 17.9 Å². The van der Waals surface area contributed by atoms with E-state index in [-0.39, 0.29) is 24.4 Å². The fourth-order valence-corrected chi connectivity index (χ4v) is 3.03. The minimum atomic E-state index is -1.06. The molecule has 3 unspecified atom stereocenters. The second-order valence-corrected chi connectivity index (χ2v) is 5.63. The minimum Gasteiger partial charge on any atom is -0.478 e. The molecule has 0 spiro atoms. The SMILES string of the molecule is NC1CCC(C(=O)N2CC(C(=O)O)Oc3ccccc32)C1. The Kier molecular flexibility index (Phi) is 3.55. The number of rotatable bonds is 2. The van der Waals surface area contributed by atoms with Gasteiger partial charge in [-0.15, -0.1) is 0 Å². The van der Waals surface area contributed by atoms with Crippen molar-refractivity contribution in [3.05, 3.63) is 24.3 Å². The third-order valence-corrected chi connectivity index (χ3v) is 4.14. The van der Waals surface area contributed by atoms with Crippen molar-refractivity contribution in [3.63, 3.8) is 0 Å². The number of para-hydroxylation sites is 2. The molecule has 21 heavy (non-hydrogen) atoms. The average molecular weight is 290 g/mol. The van der Waals surface area contributed by atoms with Crippen LogP contribution < -0.4 is 15.4 Å². The van der Waals surface area contributed by atoms with Crippen molar-refractivity contribution in [1.82, 2.24) is 0 Å². The summed E-state index contributed by atoms with van der Waals surface area (Å²) in [6, 6.07) is 7.09. The molecule has 0 bridgehead atoms. The van der Waals surface area contributed by atoms with Crippen molar-refractivity contribution in [3.8, 4) is 5.75 Å². The number of carboxylic acid groups (broad SMARTS) is 1. The van der Waals surface area contributed by atoms with Gasteiger partial charge in [0.1, 0.15) is 5.75 Å². The van der Waals surface area contributed by atoms with E-state index in [4.69, 9.17) is 10.5 Å². The van der Waals surface area contributed by atoms with Gasteiger partial charge in [-0.25, -0.2) is 4.79 Å². The zero-order chi connectivity index (χ0) is 15.0. The molecular weight excluding hydrogens is 272 g/mol. The van der Waals surface area contributed by atoms with Gasteiger partial charge in [-0.3, -0.25) is 4.79 Å². The van der Waals surface area contributed by atoms with E-state index in [2.05, 4.69) is 0 Å². The van der Waals surface area contributed by atoms with Gasteiger partial charge in [-0.1, -0.05) is 12.1 Å². The van der Waals surface area contributed by atoms with Crippen LogP contribution in [0, 0.1) is 5.92 Å². The highest BCUT2D eigenvalue weighted by molar-refractivity contribution is 5.98. The van der Waals surface area contributed by atoms with Crippen LogP contribution >= 0.6 is 0 Å². The van der Waals surface area contributed by atoms with Gasteiger partial charge in [0.15, 0.2) is 0 Å². The van der Waals surface area contributed by atoms with E-state index in [0.717, 1.165) is 12.8 Å². The monoisotopic (exact) mass is 290 g/mol. The topological polar surface area (TPSA) is 92.9 Å². The predicted molar refractivity (Wildman–Crippen MR) is 76.2 cm³/mol. The van der Waals surface area contributed by atoms with Crippen molar-refractivity contribution in [2.45, 2.75) is 31.4 Å². The summed E-state index contributed by atoms with van der Waals surface area (Å²) in [7, 11) is 0. The van der Waals surface area contributed by atoms with E-state index in [1.807, 2.05) is 6.07 Å². The Morgan fingerprint density at radius 2 is 2.05 bits per heavy atom. The molecular formula is C15H18N2O4. The van der Waals surface area contributed by atoms with Crippen LogP contribution in [-0.2, 0) is 9.59 Å². The lowest BCUT2D eigenvalue weighted by molar-refractivity contribution is -0.145. The van der Waals surface area contributed by atoms with Gasteiger partial charge in [-0.05, 0) is 31.4 Å². The van der Waals surface area contributed by atoms with E-state index < -0.39 is 12.1 Å². The molecule has 1 amide bonds. The molecule has 1 aliphatic carbocycles. The lowest BCUT2D eigenvalue weighted by Gasteiger charge is -2.34. The number of benzene rings is 1. The van der Waals surface area contributed by atoms with Crippen LogP contribution in [0.15, 0.2) is 24.3 Å². The minimum absolute atomic E-state index is 0.0386. The molecule has 3 atom stereocenters. The van der Waals surface area contributed by atoms with E-state index in [1.54, 1.807) is 23.1 Å². The van der Waals surface area contributed by atoms with Crippen LogP contribution in [0.5, 0.6) is 5.75 Å². The third kappa shape index (κ3) is 2.58. The Labute approximate surface area is 122 Å². The molecule has 1 heterocycles. The molecule has 1 fully saturated rings. The second-order valence-electron chi connectivity index (χ2n) is 5.63. The normalized spacial score (nSPS) is 27.9. The summed E-state index contributed by atoms with van der Waals surface area (Å²) in [5, 5.41) is 9.19. The van der Waals surface area contributed by atoms with Crippen molar-refractivity contribution in [1.29, 1.82) is 0 Å². The molecule has 0 radical (unpaired) electrons. The first kappa shape index (κ1) is 13.9. The maximum Gasteiger partial charge on any atom is 0.346 e. The number of fused-ring (bicyclic) bond motifs is 1. The van der Waals surface area contributed by atoms with Crippen molar-refractivity contribution < 1.29 is 19.4 Å². The number of aliphatic carboxylic acids is 1. The van der Waals surface area contributed by atoms with Crippen LogP contribution in [0.2, 0.25) is 0 Å². The highest BCUT2D eigenvalue weighted by Crippen LogP contribution is 2.36. The van der Waals surface area contributed by atoms with E-state index >= 15 is 0 Å². The molecule has 112 valence electrons. The average Bonchev–Trinajstić information content (AvgIpc) is 2.92. The summed E-state index contributed by atoms with van der Waals surface area (Å²) in [5.41, 5.74) is 6.51. The van der Waals surface area contributed by atoms with Crippen LogP contribution in [0.1, 0.15) is 19.3 Å². The van der Waals surface area contributed by atoms with E-state index in [9.17, 15) is 14.7 Å². The Bertz CT molecular complexity index is 575. The maximum absolute atomic E-state index is 12.7. The first-order valence-electron chi connectivity index (χ1n) is 7.11. The Balaban J connectivity index is 1.89. The van der Waals surface area contributed by atoms with Gasteiger partial charge in [0.05, 0.1) is 12.2 Å². The quantitative estimate of drug-likeness (QED) is 0.847. The largest absolute Gasteiger partial charge is 0.478 e. The number of hydrogen-bond acceptors (Lipinski definition) is 4. The molecule has 1 aromatic rings. The fraction of sp³-hybridized carbons (Fsp3) is 0.467. The molecule has 6 nitrogen and oxygen atoms in total. The first-order chi connectivity index (χ1) is 10.1. The van der Waals surface area contributed by atoms with Crippen molar-refractivity contribution in [2.24, 2.45) is 11.7 Å². The Hall–Kier alpha value is -2.08. The number of amides is 1. The summed E-state index contributed by atoms with van der Waals surface area (Å²) >= 11 is 0. The standard InChI is InChI=1S/C15H18N2O4/c16-10-6-5-9(7-10)14(18)17-8-13(15(19)20)21-12-4-2-1-3-11(12)17/h1-4,9-10,13H,5-8,16H2,(H,19,20). The molecule has 3 N–H and O–H groups in total. The van der Waals surface area contributed by atoms with Crippen molar-refractivity contribution >= 4 is 17.6 Å². The summed E-state index contributed by atoms with van der Waals surface area (Å²) in [4.78, 5) is 25.5. The molecule has 6 heteroatoms. The van der Waals surface area contributed by atoms with E-state index in [1.165, 1.54) is 0 Å². The number of ether oxygens (including phenoxy) is 1. The number of nitrogens with two attached hydrogens (primary N) is 1. The van der Waals surface area contributed by atoms with Gasteiger partial charge in [0, 0.05) is 12.0 Å². The Morgan fingerprint density at radius 3 is 2.71 bits per heavy atom. The van der Waals surface area contributed by atoms with Gasteiger partial charge < -0.3 is 20.5 Å². The smallest absolute Gasteiger partial charge is 0.346 e. The summed E-state index contributed by atoms with van der Waals surface area (Å²) in [5.74, 6) is -0.803. The predicted octanol–water partition coefficient (Wildman–Crippen LogP) is 0.993. The number of carbonyl (C=O) groups is 2. The highest BCUT2D eigenvalue weighted by atomic mass is 16.5. The van der Waals surface area contributed by atoms with Crippen LogP contribution in [0.3, 0.4) is 0 Å². The molecule has 1 saturated carbocycles. The molecule has 3 rings (SSSR count).